The minimum absolute atomic E-state index is 0.114. The summed E-state index contributed by atoms with van der Waals surface area (Å²) in [6.45, 7) is 0.122. The van der Waals surface area contributed by atoms with Crippen molar-refractivity contribution in [1.29, 1.82) is 0 Å². The van der Waals surface area contributed by atoms with Gasteiger partial charge in [-0.15, -0.1) is 0 Å². The quantitative estimate of drug-likeness (QED) is 0.527. The number of H-pyrrole nitrogens is 1. The number of hydrogen-bond acceptors (Lipinski definition) is 4. The van der Waals surface area contributed by atoms with Crippen LogP contribution in [0.15, 0.2) is 54.7 Å². The van der Waals surface area contributed by atoms with Gasteiger partial charge in [0.15, 0.2) is 0 Å². The van der Waals surface area contributed by atoms with Gasteiger partial charge in [-0.2, -0.15) is 0 Å². The first-order valence-electron chi connectivity index (χ1n) is 11.8. The number of imide groups is 1. The Balaban J connectivity index is 1.34. The second kappa shape index (κ2) is 8.97. The number of ether oxygens (including phenoxy) is 1. The summed E-state index contributed by atoms with van der Waals surface area (Å²) >= 11 is 0. The van der Waals surface area contributed by atoms with E-state index in [9.17, 15) is 14.4 Å². The highest BCUT2D eigenvalue weighted by atomic mass is 16.5. The molecule has 176 valence electrons. The van der Waals surface area contributed by atoms with E-state index < -0.39 is 5.41 Å². The molecule has 7 heteroatoms. The van der Waals surface area contributed by atoms with E-state index in [-0.39, 0.29) is 36.6 Å². The molecule has 1 saturated carbocycles. The summed E-state index contributed by atoms with van der Waals surface area (Å²) in [5, 5.41) is 4.07. The van der Waals surface area contributed by atoms with Gasteiger partial charge in [-0.05, 0) is 42.2 Å². The number of amides is 3. The van der Waals surface area contributed by atoms with Crippen LogP contribution >= 0.6 is 0 Å². The van der Waals surface area contributed by atoms with Crippen LogP contribution in [0.2, 0.25) is 0 Å². The Labute approximate surface area is 198 Å². The number of likely N-dealkylation sites (tertiary alicyclic amines) is 1. The minimum atomic E-state index is -0.562. The van der Waals surface area contributed by atoms with Crippen LogP contribution in [0, 0.1) is 5.41 Å². The second-order valence-corrected chi connectivity index (χ2v) is 9.37. The molecule has 1 spiro atoms. The van der Waals surface area contributed by atoms with Gasteiger partial charge in [-0.3, -0.25) is 19.3 Å². The van der Waals surface area contributed by atoms with Gasteiger partial charge in [0.1, 0.15) is 12.3 Å². The molecular weight excluding hydrogens is 430 g/mol. The third-order valence-electron chi connectivity index (χ3n) is 7.37. The number of carbonyl (C=O) groups is 3. The topological polar surface area (TPSA) is 91.5 Å². The fourth-order valence-corrected chi connectivity index (χ4v) is 5.50. The maximum absolute atomic E-state index is 12.9. The highest BCUT2D eigenvalue weighted by Gasteiger charge is 2.52. The number of methoxy groups -OCH3 is 1. The molecule has 1 atom stereocenters. The van der Waals surface area contributed by atoms with E-state index in [0.29, 0.717) is 6.54 Å². The van der Waals surface area contributed by atoms with Crippen LogP contribution in [0.5, 0.6) is 5.75 Å². The van der Waals surface area contributed by atoms with Crippen LogP contribution in [-0.2, 0) is 14.4 Å². The molecule has 2 heterocycles. The summed E-state index contributed by atoms with van der Waals surface area (Å²) in [6.07, 6.45) is 5.64. The number of para-hydroxylation sites is 1. The van der Waals surface area contributed by atoms with E-state index in [0.717, 1.165) is 58.4 Å². The monoisotopic (exact) mass is 459 g/mol. The molecule has 0 bridgehead atoms. The van der Waals surface area contributed by atoms with Gasteiger partial charge in [0.2, 0.25) is 17.7 Å². The Bertz CT molecular complexity index is 1220. The van der Waals surface area contributed by atoms with E-state index in [2.05, 4.69) is 16.4 Å². The van der Waals surface area contributed by atoms with Crippen molar-refractivity contribution < 1.29 is 19.1 Å². The molecule has 1 saturated heterocycles. The van der Waals surface area contributed by atoms with Gasteiger partial charge in [0.05, 0.1) is 12.5 Å². The lowest BCUT2D eigenvalue weighted by atomic mass is 9.84. The van der Waals surface area contributed by atoms with Gasteiger partial charge in [-0.1, -0.05) is 43.2 Å². The summed E-state index contributed by atoms with van der Waals surface area (Å²) < 4.78 is 5.30. The van der Waals surface area contributed by atoms with Gasteiger partial charge in [-0.25, -0.2) is 0 Å². The molecule has 2 fully saturated rings. The van der Waals surface area contributed by atoms with Crippen molar-refractivity contribution in [2.45, 2.75) is 38.0 Å². The number of rotatable bonds is 7. The highest BCUT2D eigenvalue weighted by molar-refractivity contribution is 6.08. The first kappa shape index (κ1) is 22.2. The summed E-state index contributed by atoms with van der Waals surface area (Å²) in [5.41, 5.74) is 2.56. The lowest BCUT2D eigenvalue weighted by Crippen LogP contribution is -2.43. The van der Waals surface area contributed by atoms with E-state index >= 15 is 0 Å². The zero-order valence-corrected chi connectivity index (χ0v) is 19.3. The molecule has 1 aromatic heterocycles. The predicted octanol–water partition coefficient (Wildman–Crippen LogP) is 3.74. The Morgan fingerprint density at radius 2 is 1.85 bits per heavy atom. The van der Waals surface area contributed by atoms with Crippen molar-refractivity contribution in [3.8, 4) is 5.75 Å². The fourth-order valence-electron chi connectivity index (χ4n) is 5.50. The zero-order valence-electron chi connectivity index (χ0n) is 19.3. The van der Waals surface area contributed by atoms with Crippen molar-refractivity contribution in [3.63, 3.8) is 0 Å². The van der Waals surface area contributed by atoms with Gasteiger partial charge >= 0.3 is 0 Å². The number of aromatic nitrogens is 1. The van der Waals surface area contributed by atoms with Crippen LogP contribution in [0.25, 0.3) is 10.9 Å². The van der Waals surface area contributed by atoms with E-state index in [1.54, 1.807) is 7.11 Å². The molecule has 2 aromatic carbocycles. The first-order valence-corrected chi connectivity index (χ1v) is 11.8. The van der Waals surface area contributed by atoms with Crippen LogP contribution in [-0.4, -0.2) is 47.8 Å². The summed E-state index contributed by atoms with van der Waals surface area (Å²) in [4.78, 5) is 42.8. The number of hydrogen-bond donors (Lipinski definition) is 2. The average molecular weight is 460 g/mol. The second-order valence-electron chi connectivity index (χ2n) is 9.37. The zero-order chi connectivity index (χ0) is 23.7. The Morgan fingerprint density at radius 1 is 1.12 bits per heavy atom. The molecule has 34 heavy (non-hydrogen) atoms. The molecule has 1 aliphatic heterocycles. The number of aromatic amines is 1. The lowest BCUT2D eigenvalue weighted by molar-refractivity contribution is -0.144. The number of nitrogens with one attached hydrogen (secondary N) is 2. The molecule has 0 radical (unpaired) electrons. The number of carbonyl (C=O) groups excluding carboxylic acids is 3. The van der Waals surface area contributed by atoms with Crippen LogP contribution in [0.3, 0.4) is 0 Å². The number of nitrogens with zero attached hydrogens (tertiary/aromatic N) is 1. The normalized spacial score (nSPS) is 18.1. The van der Waals surface area contributed by atoms with E-state index in [4.69, 9.17) is 4.74 Å². The first-order chi connectivity index (χ1) is 16.5. The summed E-state index contributed by atoms with van der Waals surface area (Å²) in [6, 6.07) is 15.8. The van der Waals surface area contributed by atoms with Gasteiger partial charge in [0, 0.05) is 36.0 Å². The van der Waals surface area contributed by atoms with Crippen molar-refractivity contribution in [2.24, 2.45) is 5.41 Å². The lowest BCUT2D eigenvalue weighted by Gasteiger charge is -2.22. The van der Waals surface area contributed by atoms with Crippen molar-refractivity contribution in [3.05, 3.63) is 65.9 Å². The number of fused-ring (bicyclic) bond motifs is 1. The van der Waals surface area contributed by atoms with E-state index in [1.165, 1.54) is 0 Å². The standard InChI is InChI=1S/C27H29N3O4/c1-34-19-10-8-18(9-11-19)21(22-16-28-23-7-3-2-6-20(22)23)15-29-24(31)17-30-25(32)14-27(26(30)33)12-4-5-13-27/h2-3,6-11,16,21,28H,4-5,12-15,17H2,1H3,(H,29,31)/t21-/m0/s1. The molecule has 3 aromatic rings. The molecule has 2 N–H and O–H groups in total. The number of benzene rings is 2. The van der Waals surface area contributed by atoms with E-state index in [1.807, 2.05) is 48.7 Å². The van der Waals surface area contributed by atoms with Crippen LogP contribution in [0.4, 0.5) is 0 Å². The third-order valence-corrected chi connectivity index (χ3v) is 7.37. The van der Waals surface area contributed by atoms with Crippen LogP contribution in [0.1, 0.15) is 49.1 Å². The molecule has 7 nitrogen and oxygen atoms in total. The third kappa shape index (κ3) is 3.95. The Kier molecular flexibility index (Phi) is 5.86. The molecule has 1 aliphatic carbocycles. The molecule has 3 amide bonds. The van der Waals surface area contributed by atoms with Crippen molar-refractivity contribution in [1.82, 2.24) is 15.2 Å². The molecular formula is C27H29N3O4. The highest BCUT2D eigenvalue weighted by Crippen LogP contribution is 2.46. The fraction of sp³-hybridized carbons (Fsp3) is 0.370. The largest absolute Gasteiger partial charge is 0.497 e. The maximum atomic E-state index is 12.9. The maximum Gasteiger partial charge on any atom is 0.240 e. The predicted molar refractivity (Wildman–Crippen MR) is 128 cm³/mol. The average Bonchev–Trinajstić information content (AvgIpc) is 3.55. The van der Waals surface area contributed by atoms with Gasteiger partial charge in [0.25, 0.3) is 0 Å². The smallest absolute Gasteiger partial charge is 0.240 e. The SMILES string of the molecule is COc1ccc([C@H](CNC(=O)CN2C(=O)CC3(CCCC3)C2=O)c2c[nH]c3ccccc23)cc1. The molecule has 2 aliphatic rings. The van der Waals surface area contributed by atoms with Crippen LogP contribution < -0.4 is 10.1 Å². The van der Waals surface area contributed by atoms with Gasteiger partial charge < -0.3 is 15.0 Å². The Hall–Kier alpha value is -3.61. The van der Waals surface area contributed by atoms with Crippen molar-refractivity contribution >= 4 is 28.6 Å². The molecule has 0 unspecified atom stereocenters. The Morgan fingerprint density at radius 3 is 2.59 bits per heavy atom. The summed E-state index contributed by atoms with van der Waals surface area (Å²) in [5.74, 6) is -0.0801. The molecule has 5 rings (SSSR count). The van der Waals surface area contributed by atoms with Crippen molar-refractivity contribution in [2.75, 3.05) is 20.2 Å². The summed E-state index contributed by atoms with van der Waals surface area (Å²) in [7, 11) is 1.63. The minimum Gasteiger partial charge on any atom is -0.497 e.